The molecule has 1 N–H and O–H groups in total. The van der Waals surface area contributed by atoms with Gasteiger partial charge in [0.2, 0.25) is 0 Å². The minimum absolute atomic E-state index is 0. The molecule has 1 amide bonds. The Morgan fingerprint density at radius 1 is 1.48 bits per heavy atom. The van der Waals surface area contributed by atoms with Crippen molar-refractivity contribution in [2.24, 2.45) is 0 Å². The maximum absolute atomic E-state index is 12.0. The van der Waals surface area contributed by atoms with Crippen molar-refractivity contribution in [1.82, 2.24) is 4.98 Å². The average Bonchev–Trinajstić information content (AvgIpc) is 2.87. The van der Waals surface area contributed by atoms with E-state index < -0.39 is 22.5 Å². The minimum Gasteiger partial charge on any atom is -0.872 e. The molecule has 0 spiro atoms. The smallest absolute Gasteiger partial charge is 0.872 e. The van der Waals surface area contributed by atoms with Crippen LogP contribution >= 0.6 is 11.3 Å². The molecule has 0 saturated carbocycles. The van der Waals surface area contributed by atoms with E-state index in [1.807, 2.05) is 0 Å². The van der Waals surface area contributed by atoms with Crippen LogP contribution in [-0.2, 0) is 10.8 Å². The quantitative estimate of drug-likeness (QED) is 0.668. The number of rotatable bonds is 4. The fraction of sp³-hybridized carbons (Fsp3) is 0.167. The Bertz CT molecular complexity index is 675. The van der Waals surface area contributed by atoms with E-state index in [0.29, 0.717) is 15.1 Å². The predicted molar refractivity (Wildman–Crippen MR) is 74.8 cm³/mol. The van der Waals surface area contributed by atoms with Crippen molar-refractivity contribution in [2.75, 3.05) is 18.7 Å². The molecule has 0 aliphatic carbocycles. The summed E-state index contributed by atoms with van der Waals surface area (Å²) >= 11 is 1.11. The van der Waals surface area contributed by atoms with E-state index >= 15 is 0 Å². The number of nitrogens with one attached hydrogen (secondary N) is 1. The SMILES string of the molecule is COc1ccc(C(=O)Nc2ncc(S(C)=O)s2)c([O-])c1.[Na+]. The topological polar surface area (TPSA) is 91.3 Å². The Balaban J connectivity index is 0.00000220. The molecule has 0 fully saturated rings. The average molecular weight is 334 g/mol. The summed E-state index contributed by atoms with van der Waals surface area (Å²) in [6.07, 6.45) is 2.96. The summed E-state index contributed by atoms with van der Waals surface area (Å²) < 4.78 is 16.7. The van der Waals surface area contributed by atoms with Crippen molar-refractivity contribution in [3.8, 4) is 11.5 Å². The van der Waals surface area contributed by atoms with Gasteiger partial charge in [-0.1, -0.05) is 17.1 Å². The number of methoxy groups -OCH3 is 1. The molecule has 1 heterocycles. The first-order valence-electron chi connectivity index (χ1n) is 5.47. The molecule has 21 heavy (non-hydrogen) atoms. The van der Waals surface area contributed by atoms with Gasteiger partial charge in [-0.25, -0.2) is 4.98 Å². The number of aromatic nitrogens is 1. The number of thiazole rings is 1. The zero-order valence-corrected chi connectivity index (χ0v) is 15.3. The van der Waals surface area contributed by atoms with Crippen LogP contribution in [-0.4, -0.2) is 28.5 Å². The van der Waals surface area contributed by atoms with E-state index in [2.05, 4.69) is 10.3 Å². The van der Waals surface area contributed by atoms with Crippen molar-refractivity contribution in [3.63, 3.8) is 0 Å². The van der Waals surface area contributed by atoms with Gasteiger partial charge in [0, 0.05) is 11.8 Å². The van der Waals surface area contributed by atoms with Gasteiger partial charge in [0.25, 0.3) is 5.91 Å². The van der Waals surface area contributed by atoms with Crippen molar-refractivity contribution in [1.29, 1.82) is 0 Å². The Morgan fingerprint density at radius 3 is 2.71 bits per heavy atom. The van der Waals surface area contributed by atoms with Crippen molar-refractivity contribution in [2.45, 2.75) is 4.21 Å². The van der Waals surface area contributed by atoms with Gasteiger partial charge in [0.15, 0.2) is 5.13 Å². The van der Waals surface area contributed by atoms with E-state index in [-0.39, 0.29) is 35.1 Å². The minimum atomic E-state index is -1.15. The molecular weight excluding hydrogens is 323 g/mol. The fourth-order valence-electron chi connectivity index (χ4n) is 1.43. The number of amides is 1. The van der Waals surface area contributed by atoms with Crippen molar-refractivity contribution < 1.29 is 48.4 Å². The van der Waals surface area contributed by atoms with Gasteiger partial charge in [0.05, 0.1) is 24.1 Å². The summed E-state index contributed by atoms with van der Waals surface area (Å²) in [4.78, 5) is 15.9. The van der Waals surface area contributed by atoms with Crippen LogP contribution in [0.25, 0.3) is 0 Å². The summed E-state index contributed by atoms with van der Waals surface area (Å²) in [6.45, 7) is 0. The number of hydrogen-bond donors (Lipinski definition) is 1. The van der Waals surface area contributed by atoms with Gasteiger partial charge in [-0.2, -0.15) is 0 Å². The second-order valence-electron chi connectivity index (χ2n) is 3.75. The van der Waals surface area contributed by atoms with E-state index in [4.69, 9.17) is 4.74 Å². The molecule has 9 heteroatoms. The third-order valence-corrected chi connectivity index (χ3v) is 4.76. The monoisotopic (exact) mass is 334 g/mol. The van der Waals surface area contributed by atoms with Crippen LogP contribution in [0.4, 0.5) is 5.13 Å². The largest absolute Gasteiger partial charge is 1.00 e. The first-order valence-corrected chi connectivity index (χ1v) is 7.84. The Hall–Kier alpha value is -0.930. The molecule has 2 aromatic rings. The molecule has 106 valence electrons. The number of anilines is 1. The van der Waals surface area contributed by atoms with Gasteiger partial charge in [-0.05, 0) is 18.2 Å². The molecule has 2 rings (SSSR count). The zero-order chi connectivity index (χ0) is 14.7. The number of hydrogen-bond acceptors (Lipinski definition) is 6. The molecule has 0 aliphatic rings. The number of ether oxygens (including phenoxy) is 1. The number of nitrogens with zero attached hydrogens (tertiary/aromatic N) is 1. The van der Waals surface area contributed by atoms with Crippen molar-refractivity contribution >= 4 is 33.2 Å². The number of carbonyl (C=O) groups excluding carboxylic acids is 1. The van der Waals surface area contributed by atoms with Crippen LogP contribution in [0.5, 0.6) is 11.5 Å². The molecule has 1 aromatic heterocycles. The van der Waals surface area contributed by atoms with Crippen LogP contribution in [0.1, 0.15) is 10.4 Å². The standard InChI is InChI=1S/C12H12N2O4S2.Na/c1-18-7-3-4-8(9(15)5-7)11(16)14-12-13-6-10(19-12)20(2)17;/h3-6,15H,1-2H3,(H,13,14,16);/q;+1/p-1. The molecule has 1 unspecified atom stereocenters. The van der Waals surface area contributed by atoms with Crippen molar-refractivity contribution in [3.05, 3.63) is 30.0 Å². The molecule has 6 nitrogen and oxygen atoms in total. The third kappa shape index (κ3) is 4.52. The molecule has 1 atom stereocenters. The molecule has 0 bridgehead atoms. The summed E-state index contributed by atoms with van der Waals surface area (Å²) in [7, 11) is 0.291. The van der Waals surface area contributed by atoms with Crippen LogP contribution in [0.2, 0.25) is 0 Å². The van der Waals surface area contributed by atoms with Crippen LogP contribution < -0.4 is 44.7 Å². The maximum Gasteiger partial charge on any atom is 1.00 e. The zero-order valence-electron chi connectivity index (χ0n) is 11.7. The van der Waals surface area contributed by atoms with Crippen LogP contribution in [0, 0.1) is 0 Å². The molecule has 0 saturated heterocycles. The van der Waals surface area contributed by atoms with Gasteiger partial charge in [-0.15, -0.1) is 0 Å². The molecular formula is C12H11N2NaO4S2. The normalized spacial score (nSPS) is 11.3. The Morgan fingerprint density at radius 2 is 2.19 bits per heavy atom. The molecule has 1 aromatic carbocycles. The Kier molecular flexibility index (Phi) is 6.82. The van der Waals surface area contributed by atoms with Gasteiger partial charge in [0.1, 0.15) is 9.96 Å². The number of carbonyl (C=O) groups is 1. The first kappa shape index (κ1) is 18.1. The molecule has 0 aliphatic heterocycles. The predicted octanol–water partition coefficient (Wildman–Crippen LogP) is -1.78. The second kappa shape index (κ2) is 7.90. The van der Waals surface area contributed by atoms with Crippen LogP contribution in [0.3, 0.4) is 0 Å². The van der Waals surface area contributed by atoms with E-state index in [1.165, 1.54) is 37.8 Å². The van der Waals surface area contributed by atoms with Crippen LogP contribution in [0.15, 0.2) is 28.6 Å². The second-order valence-corrected chi connectivity index (χ2v) is 6.39. The summed E-state index contributed by atoms with van der Waals surface area (Å²) in [5.41, 5.74) is 0.000158. The third-order valence-electron chi connectivity index (χ3n) is 2.42. The maximum atomic E-state index is 12.0. The summed E-state index contributed by atoms with van der Waals surface area (Å²) in [5, 5.41) is 14.5. The first-order chi connectivity index (χ1) is 9.51. The van der Waals surface area contributed by atoms with Gasteiger partial charge in [-0.3, -0.25) is 14.3 Å². The Labute approximate surface area is 150 Å². The summed E-state index contributed by atoms with van der Waals surface area (Å²) in [6, 6.07) is 4.16. The molecule has 0 radical (unpaired) electrons. The van der Waals surface area contributed by atoms with E-state index in [1.54, 1.807) is 0 Å². The fourth-order valence-corrected chi connectivity index (χ4v) is 2.88. The van der Waals surface area contributed by atoms with E-state index in [9.17, 15) is 14.1 Å². The van der Waals surface area contributed by atoms with Gasteiger partial charge >= 0.3 is 29.6 Å². The van der Waals surface area contributed by atoms with E-state index in [0.717, 1.165) is 11.3 Å². The summed E-state index contributed by atoms with van der Waals surface area (Å²) in [5.74, 6) is -0.595. The number of benzene rings is 1. The van der Waals surface area contributed by atoms with Gasteiger partial charge < -0.3 is 9.84 Å².